The molecule has 7 heteroatoms. The van der Waals surface area contributed by atoms with Crippen LogP contribution in [0.2, 0.25) is 5.02 Å². The number of hydrogen-bond acceptors (Lipinski definition) is 3. The summed E-state index contributed by atoms with van der Waals surface area (Å²) in [4.78, 5) is 26.8. The van der Waals surface area contributed by atoms with E-state index in [2.05, 4.69) is 5.32 Å². The summed E-state index contributed by atoms with van der Waals surface area (Å²) in [5, 5.41) is 3.44. The molecule has 5 nitrogen and oxygen atoms in total. The summed E-state index contributed by atoms with van der Waals surface area (Å²) in [7, 11) is 0. The fourth-order valence-corrected chi connectivity index (χ4v) is 3.12. The number of rotatable bonds is 8. The monoisotopic (exact) mass is 434 g/mol. The van der Waals surface area contributed by atoms with Crippen molar-refractivity contribution in [3.63, 3.8) is 0 Å². The molecule has 2 amide bonds. The Morgan fingerprint density at radius 2 is 1.73 bits per heavy atom. The molecule has 0 saturated heterocycles. The molecule has 0 aliphatic heterocycles. The second-order valence-electron chi connectivity index (χ2n) is 7.61. The zero-order valence-corrected chi connectivity index (χ0v) is 18.7. The van der Waals surface area contributed by atoms with Crippen LogP contribution in [0.5, 0.6) is 5.75 Å². The quantitative estimate of drug-likeness (QED) is 0.669. The molecule has 0 unspecified atom stereocenters. The van der Waals surface area contributed by atoms with Crippen molar-refractivity contribution in [2.45, 2.75) is 53.2 Å². The Bertz CT molecular complexity index is 894. The summed E-state index contributed by atoms with van der Waals surface area (Å²) in [6.07, 6.45) is 0. The maximum atomic E-state index is 14.2. The number of amides is 2. The molecule has 2 rings (SSSR count). The van der Waals surface area contributed by atoms with Crippen molar-refractivity contribution in [1.29, 1.82) is 0 Å². The molecule has 2 aromatic carbocycles. The van der Waals surface area contributed by atoms with Gasteiger partial charge in [-0.2, -0.15) is 0 Å². The molecule has 0 radical (unpaired) electrons. The standard InChI is InChI=1S/C23H28ClFN2O3/c1-14(2)26-23(29)17(5)27(12-18-8-6-7-9-20(18)25)21(28)13-30-19-10-15(3)22(24)16(4)11-19/h6-11,14,17H,12-13H2,1-5H3,(H,26,29)/t17-/m0/s1. The van der Waals surface area contributed by atoms with E-state index in [0.717, 1.165) is 11.1 Å². The number of carbonyl (C=O) groups is 2. The van der Waals surface area contributed by atoms with Crippen LogP contribution in [0, 0.1) is 19.7 Å². The highest BCUT2D eigenvalue weighted by atomic mass is 35.5. The second kappa shape index (κ2) is 10.4. The third-order valence-electron chi connectivity index (χ3n) is 4.67. The van der Waals surface area contributed by atoms with Crippen LogP contribution in [-0.2, 0) is 16.1 Å². The molecular formula is C23H28ClFN2O3. The van der Waals surface area contributed by atoms with Gasteiger partial charge in [0.2, 0.25) is 5.91 Å². The Morgan fingerprint density at radius 1 is 1.13 bits per heavy atom. The van der Waals surface area contributed by atoms with Gasteiger partial charge in [-0.25, -0.2) is 4.39 Å². The molecule has 2 aromatic rings. The number of halogens is 2. The van der Waals surface area contributed by atoms with E-state index in [-0.39, 0.29) is 25.1 Å². The summed E-state index contributed by atoms with van der Waals surface area (Å²) in [6.45, 7) is 8.67. The number of carbonyl (C=O) groups excluding carboxylic acids is 2. The number of benzene rings is 2. The van der Waals surface area contributed by atoms with Gasteiger partial charge in [0.05, 0.1) is 0 Å². The fourth-order valence-electron chi connectivity index (χ4n) is 3.02. The third kappa shape index (κ3) is 6.20. The molecule has 162 valence electrons. The van der Waals surface area contributed by atoms with Crippen LogP contribution >= 0.6 is 11.6 Å². The smallest absolute Gasteiger partial charge is 0.261 e. The summed E-state index contributed by atoms with van der Waals surface area (Å²) in [6, 6.07) is 8.81. The minimum Gasteiger partial charge on any atom is -0.484 e. The van der Waals surface area contributed by atoms with Gasteiger partial charge in [-0.1, -0.05) is 29.8 Å². The van der Waals surface area contributed by atoms with Crippen LogP contribution in [0.1, 0.15) is 37.5 Å². The summed E-state index contributed by atoms with van der Waals surface area (Å²) >= 11 is 6.18. The predicted molar refractivity (Wildman–Crippen MR) is 116 cm³/mol. The van der Waals surface area contributed by atoms with Gasteiger partial charge < -0.3 is 15.0 Å². The van der Waals surface area contributed by atoms with Crippen molar-refractivity contribution in [3.8, 4) is 5.75 Å². The first-order chi connectivity index (χ1) is 14.1. The van der Waals surface area contributed by atoms with Gasteiger partial charge >= 0.3 is 0 Å². The number of nitrogens with one attached hydrogen (secondary N) is 1. The lowest BCUT2D eigenvalue weighted by Crippen LogP contribution is -2.50. The molecule has 30 heavy (non-hydrogen) atoms. The lowest BCUT2D eigenvalue weighted by Gasteiger charge is -2.29. The Kier molecular flexibility index (Phi) is 8.24. The minimum absolute atomic E-state index is 0.0414. The molecule has 0 bridgehead atoms. The lowest BCUT2D eigenvalue weighted by molar-refractivity contribution is -0.142. The average molecular weight is 435 g/mol. The molecule has 0 heterocycles. The van der Waals surface area contributed by atoms with E-state index in [1.54, 1.807) is 37.3 Å². The molecule has 0 aromatic heterocycles. The largest absolute Gasteiger partial charge is 0.484 e. The van der Waals surface area contributed by atoms with Crippen molar-refractivity contribution in [2.75, 3.05) is 6.61 Å². The van der Waals surface area contributed by atoms with Gasteiger partial charge in [0.1, 0.15) is 17.6 Å². The van der Waals surface area contributed by atoms with Gasteiger partial charge in [0, 0.05) is 23.2 Å². The number of aryl methyl sites for hydroxylation is 2. The van der Waals surface area contributed by atoms with Crippen molar-refractivity contribution in [3.05, 3.63) is 63.9 Å². The van der Waals surface area contributed by atoms with E-state index in [9.17, 15) is 14.0 Å². The SMILES string of the molecule is Cc1cc(OCC(=O)N(Cc2ccccc2F)[C@@H](C)C(=O)NC(C)C)cc(C)c1Cl. The predicted octanol–water partition coefficient (Wildman–Crippen LogP) is 4.42. The summed E-state index contributed by atoms with van der Waals surface area (Å²) in [5.74, 6) is -0.660. The van der Waals surface area contributed by atoms with Crippen molar-refractivity contribution in [1.82, 2.24) is 10.2 Å². The average Bonchev–Trinajstić information content (AvgIpc) is 2.68. The molecule has 0 aliphatic carbocycles. The highest BCUT2D eigenvalue weighted by molar-refractivity contribution is 6.32. The Morgan fingerprint density at radius 3 is 2.30 bits per heavy atom. The summed E-state index contributed by atoms with van der Waals surface area (Å²) < 4.78 is 19.9. The maximum Gasteiger partial charge on any atom is 0.261 e. The van der Waals surface area contributed by atoms with Gasteiger partial charge in [0.15, 0.2) is 6.61 Å². The zero-order chi connectivity index (χ0) is 22.4. The molecular weight excluding hydrogens is 407 g/mol. The molecule has 1 N–H and O–H groups in total. The van der Waals surface area contributed by atoms with E-state index < -0.39 is 17.8 Å². The van der Waals surface area contributed by atoms with Crippen LogP contribution in [0.25, 0.3) is 0 Å². The Labute approximate surface area is 182 Å². The van der Waals surface area contributed by atoms with E-state index in [0.29, 0.717) is 16.3 Å². The fraction of sp³-hybridized carbons (Fsp3) is 0.391. The molecule has 0 saturated carbocycles. The third-order valence-corrected chi connectivity index (χ3v) is 5.27. The Hall–Kier alpha value is -2.60. The molecule has 0 fully saturated rings. The second-order valence-corrected chi connectivity index (χ2v) is 7.99. The van der Waals surface area contributed by atoms with Crippen LogP contribution in [0.4, 0.5) is 4.39 Å². The number of nitrogens with zero attached hydrogens (tertiary/aromatic N) is 1. The zero-order valence-electron chi connectivity index (χ0n) is 18.0. The maximum absolute atomic E-state index is 14.2. The normalized spacial score (nSPS) is 11.9. The molecule has 0 aliphatic rings. The van der Waals surface area contributed by atoms with E-state index >= 15 is 0 Å². The van der Waals surface area contributed by atoms with Crippen molar-refractivity contribution >= 4 is 23.4 Å². The van der Waals surface area contributed by atoms with Gasteiger partial charge in [0.25, 0.3) is 5.91 Å². The molecule has 0 spiro atoms. The van der Waals surface area contributed by atoms with E-state index in [1.165, 1.54) is 11.0 Å². The van der Waals surface area contributed by atoms with Crippen molar-refractivity contribution < 1.29 is 18.7 Å². The first-order valence-corrected chi connectivity index (χ1v) is 10.2. The Balaban J connectivity index is 2.21. The number of hydrogen-bond donors (Lipinski definition) is 1. The van der Waals surface area contributed by atoms with Crippen molar-refractivity contribution in [2.24, 2.45) is 0 Å². The highest BCUT2D eigenvalue weighted by Gasteiger charge is 2.27. The van der Waals surface area contributed by atoms with Crippen LogP contribution in [-0.4, -0.2) is 35.4 Å². The van der Waals surface area contributed by atoms with E-state index in [1.807, 2.05) is 27.7 Å². The lowest BCUT2D eigenvalue weighted by atomic mass is 10.1. The highest BCUT2D eigenvalue weighted by Crippen LogP contribution is 2.26. The van der Waals surface area contributed by atoms with Crippen LogP contribution < -0.4 is 10.1 Å². The minimum atomic E-state index is -0.795. The van der Waals surface area contributed by atoms with Gasteiger partial charge in [-0.15, -0.1) is 0 Å². The topological polar surface area (TPSA) is 58.6 Å². The van der Waals surface area contributed by atoms with E-state index in [4.69, 9.17) is 16.3 Å². The van der Waals surface area contributed by atoms with Crippen LogP contribution in [0.15, 0.2) is 36.4 Å². The number of ether oxygens (including phenoxy) is 1. The van der Waals surface area contributed by atoms with Gasteiger partial charge in [-0.3, -0.25) is 9.59 Å². The van der Waals surface area contributed by atoms with Crippen LogP contribution in [0.3, 0.4) is 0 Å². The van der Waals surface area contributed by atoms with Gasteiger partial charge in [-0.05, 0) is 63.9 Å². The summed E-state index contributed by atoms with van der Waals surface area (Å²) in [5.41, 5.74) is 2.01. The first kappa shape index (κ1) is 23.7. The molecule has 1 atom stereocenters. The first-order valence-electron chi connectivity index (χ1n) is 9.83.